The quantitative estimate of drug-likeness (QED) is 0.679. The van der Waals surface area contributed by atoms with Crippen LogP contribution in [0.5, 0.6) is 0 Å². The summed E-state index contributed by atoms with van der Waals surface area (Å²) in [6, 6.07) is -0.105. The van der Waals surface area contributed by atoms with Gasteiger partial charge in [0, 0.05) is 26.2 Å². The van der Waals surface area contributed by atoms with Gasteiger partial charge in [-0.1, -0.05) is 6.92 Å². The van der Waals surface area contributed by atoms with Gasteiger partial charge in [-0.25, -0.2) is 0 Å². The van der Waals surface area contributed by atoms with Crippen LogP contribution in [-0.4, -0.2) is 62.8 Å². The van der Waals surface area contributed by atoms with E-state index < -0.39 is 0 Å². The molecule has 1 heterocycles. The summed E-state index contributed by atoms with van der Waals surface area (Å²) in [5.41, 5.74) is 0. The normalized spacial score (nSPS) is 22.5. The largest absolute Gasteiger partial charge is 0.374 e. The van der Waals surface area contributed by atoms with Crippen LogP contribution in [0.15, 0.2) is 0 Å². The topological polar surface area (TPSA) is 53.6 Å². The highest BCUT2D eigenvalue weighted by Gasteiger charge is 2.22. The van der Waals surface area contributed by atoms with Crippen molar-refractivity contribution in [1.82, 2.24) is 15.5 Å². The lowest BCUT2D eigenvalue weighted by molar-refractivity contribution is -0.126. The van der Waals surface area contributed by atoms with Gasteiger partial charge in [-0.2, -0.15) is 0 Å². The van der Waals surface area contributed by atoms with E-state index in [1.165, 1.54) is 0 Å². The van der Waals surface area contributed by atoms with E-state index in [1.54, 1.807) is 0 Å². The molecule has 2 unspecified atom stereocenters. The van der Waals surface area contributed by atoms with Gasteiger partial charge in [0.05, 0.1) is 18.8 Å². The monoisotopic (exact) mass is 243 g/mol. The first-order valence-corrected chi connectivity index (χ1v) is 6.45. The lowest BCUT2D eigenvalue weighted by atomic mass is 10.2. The predicted molar refractivity (Wildman–Crippen MR) is 68.0 cm³/mol. The summed E-state index contributed by atoms with van der Waals surface area (Å²) in [6.07, 6.45) is 1.16. The maximum absolute atomic E-state index is 11.8. The van der Waals surface area contributed by atoms with E-state index in [0.29, 0.717) is 0 Å². The molecule has 1 saturated heterocycles. The molecule has 5 heteroatoms. The number of carbonyl (C=O) groups excluding carboxylic acids is 1. The van der Waals surface area contributed by atoms with E-state index in [2.05, 4.69) is 17.6 Å². The van der Waals surface area contributed by atoms with Crippen molar-refractivity contribution in [3.8, 4) is 0 Å². The van der Waals surface area contributed by atoms with E-state index in [0.717, 1.165) is 39.2 Å². The molecule has 0 aliphatic carbocycles. The molecular formula is C12H25N3O2. The van der Waals surface area contributed by atoms with Crippen LogP contribution in [0.3, 0.4) is 0 Å². The minimum atomic E-state index is -0.105. The average molecular weight is 243 g/mol. The summed E-state index contributed by atoms with van der Waals surface area (Å²) in [4.78, 5) is 13.8. The summed E-state index contributed by atoms with van der Waals surface area (Å²) in [7, 11) is 1.97. The van der Waals surface area contributed by atoms with Crippen LogP contribution < -0.4 is 10.6 Å². The van der Waals surface area contributed by atoms with Gasteiger partial charge in [0.25, 0.3) is 0 Å². The van der Waals surface area contributed by atoms with Crippen molar-refractivity contribution in [2.45, 2.75) is 32.4 Å². The molecule has 0 saturated carbocycles. The van der Waals surface area contributed by atoms with Crippen molar-refractivity contribution < 1.29 is 9.53 Å². The molecule has 0 spiro atoms. The minimum absolute atomic E-state index is 0.0955. The summed E-state index contributed by atoms with van der Waals surface area (Å²) in [5, 5.41) is 6.20. The van der Waals surface area contributed by atoms with E-state index in [4.69, 9.17) is 4.74 Å². The second-order valence-electron chi connectivity index (χ2n) is 4.60. The van der Waals surface area contributed by atoms with Crippen LogP contribution in [0, 0.1) is 0 Å². The Kier molecular flexibility index (Phi) is 6.47. The zero-order chi connectivity index (χ0) is 12.7. The zero-order valence-corrected chi connectivity index (χ0v) is 11.2. The molecule has 1 fully saturated rings. The van der Waals surface area contributed by atoms with Crippen molar-refractivity contribution in [3.05, 3.63) is 0 Å². The summed E-state index contributed by atoms with van der Waals surface area (Å²) >= 11 is 0. The molecule has 0 aromatic heterocycles. The molecule has 100 valence electrons. The lowest BCUT2D eigenvalue weighted by Gasteiger charge is -2.30. The second kappa shape index (κ2) is 7.63. The van der Waals surface area contributed by atoms with Crippen molar-refractivity contribution in [2.24, 2.45) is 0 Å². The number of ether oxygens (including phenoxy) is 1. The molecule has 0 aromatic carbocycles. The molecule has 1 rings (SSSR count). The third kappa shape index (κ3) is 5.02. The number of carbonyl (C=O) groups is 1. The number of rotatable bonds is 6. The Morgan fingerprint density at radius 1 is 1.65 bits per heavy atom. The fourth-order valence-electron chi connectivity index (χ4n) is 1.81. The fourth-order valence-corrected chi connectivity index (χ4v) is 1.81. The summed E-state index contributed by atoms with van der Waals surface area (Å²) < 4.78 is 5.62. The van der Waals surface area contributed by atoms with Gasteiger partial charge >= 0.3 is 0 Å². The standard InChI is InChI=1S/C12H25N3O2/c1-4-5-14-12(16)10(2)15(3)9-11-8-13-6-7-17-11/h10-11,13H,4-9H2,1-3H3,(H,14,16). The van der Waals surface area contributed by atoms with Crippen molar-refractivity contribution in [2.75, 3.05) is 39.8 Å². The second-order valence-corrected chi connectivity index (χ2v) is 4.60. The van der Waals surface area contributed by atoms with Crippen LogP contribution in [0.4, 0.5) is 0 Å². The Morgan fingerprint density at radius 3 is 3.00 bits per heavy atom. The Balaban J connectivity index is 2.29. The molecule has 0 bridgehead atoms. The molecule has 1 amide bonds. The predicted octanol–water partition coefficient (Wildman–Crippen LogP) is -0.179. The van der Waals surface area contributed by atoms with E-state index >= 15 is 0 Å². The van der Waals surface area contributed by atoms with E-state index in [9.17, 15) is 4.79 Å². The Labute approximate surface area is 104 Å². The van der Waals surface area contributed by atoms with Crippen LogP contribution in [0.25, 0.3) is 0 Å². The molecule has 0 radical (unpaired) electrons. The Bertz CT molecular complexity index is 230. The smallest absolute Gasteiger partial charge is 0.237 e. The van der Waals surface area contributed by atoms with Gasteiger partial charge in [0.15, 0.2) is 0 Å². The molecular weight excluding hydrogens is 218 g/mol. The van der Waals surface area contributed by atoms with Crippen molar-refractivity contribution >= 4 is 5.91 Å². The van der Waals surface area contributed by atoms with Crippen LogP contribution in [0.2, 0.25) is 0 Å². The minimum Gasteiger partial charge on any atom is -0.374 e. The molecule has 0 aromatic rings. The average Bonchev–Trinajstić information content (AvgIpc) is 2.36. The number of hydrogen-bond acceptors (Lipinski definition) is 4. The van der Waals surface area contributed by atoms with Crippen LogP contribution in [0.1, 0.15) is 20.3 Å². The van der Waals surface area contributed by atoms with Gasteiger partial charge in [0.2, 0.25) is 5.91 Å². The Morgan fingerprint density at radius 2 is 2.41 bits per heavy atom. The highest BCUT2D eigenvalue weighted by atomic mass is 16.5. The summed E-state index contributed by atoms with van der Waals surface area (Å²) in [5.74, 6) is 0.0955. The molecule has 2 atom stereocenters. The number of likely N-dealkylation sites (N-methyl/N-ethyl adjacent to an activating group) is 1. The molecule has 1 aliphatic rings. The third-order valence-corrected chi connectivity index (χ3v) is 3.09. The highest BCUT2D eigenvalue weighted by molar-refractivity contribution is 5.81. The fraction of sp³-hybridized carbons (Fsp3) is 0.917. The van der Waals surface area contributed by atoms with Gasteiger partial charge in [-0.3, -0.25) is 9.69 Å². The number of morpholine rings is 1. The number of nitrogens with zero attached hydrogens (tertiary/aromatic N) is 1. The first kappa shape index (κ1) is 14.4. The zero-order valence-electron chi connectivity index (χ0n) is 11.2. The summed E-state index contributed by atoms with van der Waals surface area (Å²) in [6.45, 7) is 8.07. The van der Waals surface area contributed by atoms with E-state index in [-0.39, 0.29) is 18.1 Å². The van der Waals surface area contributed by atoms with Crippen LogP contribution in [-0.2, 0) is 9.53 Å². The van der Waals surface area contributed by atoms with Gasteiger partial charge in [0.1, 0.15) is 0 Å². The van der Waals surface area contributed by atoms with E-state index in [1.807, 2.05) is 18.9 Å². The van der Waals surface area contributed by atoms with Crippen molar-refractivity contribution in [3.63, 3.8) is 0 Å². The molecule has 5 nitrogen and oxygen atoms in total. The first-order chi connectivity index (χ1) is 8.15. The first-order valence-electron chi connectivity index (χ1n) is 6.45. The van der Waals surface area contributed by atoms with Gasteiger partial charge < -0.3 is 15.4 Å². The van der Waals surface area contributed by atoms with Crippen LogP contribution >= 0.6 is 0 Å². The molecule has 1 aliphatic heterocycles. The number of nitrogens with one attached hydrogen (secondary N) is 2. The highest BCUT2D eigenvalue weighted by Crippen LogP contribution is 2.02. The maximum Gasteiger partial charge on any atom is 0.237 e. The SMILES string of the molecule is CCCNC(=O)C(C)N(C)CC1CNCCO1. The van der Waals surface area contributed by atoms with Gasteiger partial charge in [-0.15, -0.1) is 0 Å². The number of hydrogen-bond donors (Lipinski definition) is 2. The van der Waals surface area contributed by atoms with Gasteiger partial charge in [-0.05, 0) is 20.4 Å². The third-order valence-electron chi connectivity index (χ3n) is 3.09. The van der Waals surface area contributed by atoms with Crippen molar-refractivity contribution in [1.29, 1.82) is 0 Å². The molecule has 17 heavy (non-hydrogen) atoms. The Hall–Kier alpha value is -0.650. The molecule has 2 N–H and O–H groups in total. The lowest BCUT2D eigenvalue weighted by Crippen LogP contribution is -2.50. The number of amides is 1. The maximum atomic E-state index is 11.8.